The Labute approximate surface area is 116 Å². The van der Waals surface area contributed by atoms with E-state index in [1.807, 2.05) is 0 Å². The van der Waals surface area contributed by atoms with Gasteiger partial charge in [-0.3, -0.25) is 0 Å². The van der Waals surface area contributed by atoms with Gasteiger partial charge in [0, 0.05) is 11.4 Å². The fraction of sp³-hybridized carbons (Fsp3) is 0.357. The standard InChI is InChI=1S/C14H16ClFN2O/c1-2-17-7-3-4-14-18-9-13(19-14)11-6-5-10(15)8-12(11)16/h5-6,8-9,17H,2-4,7H2,1H3. The minimum atomic E-state index is -0.400. The van der Waals surface area contributed by atoms with Crippen LogP contribution in [0, 0.1) is 5.82 Å². The van der Waals surface area contributed by atoms with Crippen LogP contribution in [-0.2, 0) is 6.42 Å². The average molecular weight is 283 g/mol. The van der Waals surface area contributed by atoms with E-state index in [2.05, 4.69) is 17.2 Å². The SMILES string of the molecule is CCNCCCc1ncc(-c2ccc(Cl)cc2F)o1. The largest absolute Gasteiger partial charge is 0.441 e. The molecule has 0 radical (unpaired) electrons. The Morgan fingerprint density at radius 2 is 2.26 bits per heavy atom. The lowest BCUT2D eigenvalue weighted by molar-refractivity contribution is 0.490. The minimum absolute atomic E-state index is 0.367. The second kappa shape index (κ2) is 6.68. The molecule has 0 aliphatic carbocycles. The zero-order chi connectivity index (χ0) is 13.7. The van der Waals surface area contributed by atoms with Crippen molar-refractivity contribution in [2.45, 2.75) is 19.8 Å². The summed E-state index contributed by atoms with van der Waals surface area (Å²) in [4.78, 5) is 4.16. The Morgan fingerprint density at radius 3 is 3.00 bits per heavy atom. The molecule has 5 heteroatoms. The summed E-state index contributed by atoms with van der Waals surface area (Å²) in [6, 6.07) is 4.50. The fourth-order valence-electron chi connectivity index (χ4n) is 1.78. The molecule has 0 aliphatic heterocycles. The van der Waals surface area contributed by atoms with Crippen LogP contribution in [-0.4, -0.2) is 18.1 Å². The van der Waals surface area contributed by atoms with Gasteiger partial charge >= 0.3 is 0 Å². The highest BCUT2D eigenvalue weighted by molar-refractivity contribution is 6.30. The summed E-state index contributed by atoms with van der Waals surface area (Å²) < 4.78 is 19.3. The van der Waals surface area contributed by atoms with E-state index in [0.717, 1.165) is 25.9 Å². The van der Waals surface area contributed by atoms with Gasteiger partial charge in [0.25, 0.3) is 0 Å². The Kier molecular flexibility index (Phi) is 4.93. The van der Waals surface area contributed by atoms with Gasteiger partial charge < -0.3 is 9.73 Å². The van der Waals surface area contributed by atoms with Crippen molar-refractivity contribution in [3.63, 3.8) is 0 Å². The highest BCUT2D eigenvalue weighted by Crippen LogP contribution is 2.26. The molecule has 2 rings (SSSR count). The summed E-state index contributed by atoms with van der Waals surface area (Å²) in [5.74, 6) is 0.665. The number of benzene rings is 1. The molecule has 0 unspecified atom stereocenters. The lowest BCUT2D eigenvalue weighted by Gasteiger charge is -2.00. The topological polar surface area (TPSA) is 38.1 Å². The Hall–Kier alpha value is -1.39. The van der Waals surface area contributed by atoms with E-state index in [-0.39, 0.29) is 0 Å². The molecule has 1 heterocycles. The van der Waals surface area contributed by atoms with Gasteiger partial charge in [-0.1, -0.05) is 18.5 Å². The maximum Gasteiger partial charge on any atom is 0.194 e. The van der Waals surface area contributed by atoms with Gasteiger partial charge in [0.1, 0.15) is 5.82 Å². The predicted octanol–water partition coefficient (Wildman–Crippen LogP) is 3.68. The van der Waals surface area contributed by atoms with E-state index in [4.69, 9.17) is 16.0 Å². The molecule has 3 nitrogen and oxygen atoms in total. The molecule has 2 aromatic rings. The van der Waals surface area contributed by atoms with Crippen molar-refractivity contribution in [1.29, 1.82) is 0 Å². The van der Waals surface area contributed by atoms with Crippen LogP contribution in [0.4, 0.5) is 4.39 Å². The number of halogens is 2. The predicted molar refractivity (Wildman–Crippen MR) is 73.8 cm³/mol. The van der Waals surface area contributed by atoms with Gasteiger partial charge in [-0.15, -0.1) is 0 Å². The molecule has 0 fully saturated rings. The number of rotatable bonds is 6. The first-order chi connectivity index (χ1) is 9.20. The molecule has 19 heavy (non-hydrogen) atoms. The van der Waals surface area contributed by atoms with Crippen molar-refractivity contribution < 1.29 is 8.81 Å². The third-order valence-corrected chi connectivity index (χ3v) is 2.98. The molecule has 0 saturated heterocycles. The lowest BCUT2D eigenvalue weighted by atomic mass is 10.2. The van der Waals surface area contributed by atoms with Crippen molar-refractivity contribution in [2.24, 2.45) is 0 Å². The third kappa shape index (κ3) is 3.78. The molecule has 0 spiro atoms. The first kappa shape index (κ1) is 14.0. The molecule has 102 valence electrons. The van der Waals surface area contributed by atoms with Crippen molar-refractivity contribution >= 4 is 11.6 Å². The van der Waals surface area contributed by atoms with Crippen LogP contribution in [0.3, 0.4) is 0 Å². The van der Waals surface area contributed by atoms with E-state index in [1.165, 1.54) is 6.07 Å². The number of oxazole rings is 1. The van der Waals surface area contributed by atoms with Crippen LogP contribution in [0.5, 0.6) is 0 Å². The summed E-state index contributed by atoms with van der Waals surface area (Å²) in [6.45, 7) is 3.93. The zero-order valence-electron chi connectivity index (χ0n) is 10.7. The van der Waals surface area contributed by atoms with E-state index >= 15 is 0 Å². The third-order valence-electron chi connectivity index (χ3n) is 2.74. The number of nitrogens with one attached hydrogen (secondary N) is 1. The Balaban J connectivity index is 2.04. The van der Waals surface area contributed by atoms with Crippen LogP contribution in [0.2, 0.25) is 5.02 Å². The second-order valence-electron chi connectivity index (χ2n) is 4.20. The summed E-state index contributed by atoms with van der Waals surface area (Å²) in [7, 11) is 0. The number of aryl methyl sites for hydroxylation is 1. The molecule has 0 bridgehead atoms. The molecule has 1 aromatic carbocycles. The first-order valence-corrected chi connectivity index (χ1v) is 6.69. The van der Waals surface area contributed by atoms with Crippen LogP contribution in [0.15, 0.2) is 28.8 Å². The van der Waals surface area contributed by atoms with Crippen molar-refractivity contribution in [3.05, 3.63) is 41.1 Å². The van der Waals surface area contributed by atoms with Crippen molar-refractivity contribution in [2.75, 3.05) is 13.1 Å². The Morgan fingerprint density at radius 1 is 1.42 bits per heavy atom. The normalized spacial score (nSPS) is 10.9. The number of aromatic nitrogens is 1. The van der Waals surface area contributed by atoms with Gasteiger partial charge in [-0.25, -0.2) is 9.37 Å². The van der Waals surface area contributed by atoms with Gasteiger partial charge in [0.05, 0.1) is 11.8 Å². The van der Waals surface area contributed by atoms with E-state index in [9.17, 15) is 4.39 Å². The Bertz CT molecular complexity index is 542. The zero-order valence-corrected chi connectivity index (χ0v) is 11.5. The summed E-state index contributed by atoms with van der Waals surface area (Å²) in [5.41, 5.74) is 0.384. The quantitative estimate of drug-likeness (QED) is 0.822. The van der Waals surface area contributed by atoms with Gasteiger partial charge in [0.15, 0.2) is 11.7 Å². The van der Waals surface area contributed by atoms with E-state index in [0.29, 0.717) is 22.2 Å². The fourth-order valence-corrected chi connectivity index (χ4v) is 1.94. The van der Waals surface area contributed by atoms with Crippen LogP contribution in [0.1, 0.15) is 19.2 Å². The minimum Gasteiger partial charge on any atom is -0.441 e. The maximum absolute atomic E-state index is 13.7. The van der Waals surface area contributed by atoms with Crippen LogP contribution >= 0.6 is 11.6 Å². The lowest BCUT2D eigenvalue weighted by Crippen LogP contribution is -2.14. The molecule has 1 N–H and O–H groups in total. The van der Waals surface area contributed by atoms with Gasteiger partial charge in [0.2, 0.25) is 0 Å². The summed E-state index contributed by atoms with van der Waals surface area (Å²) in [5, 5.41) is 3.60. The maximum atomic E-state index is 13.7. The van der Waals surface area contributed by atoms with E-state index in [1.54, 1.807) is 18.3 Å². The molecule has 0 aliphatic rings. The van der Waals surface area contributed by atoms with E-state index < -0.39 is 5.82 Å². The second-order valence-corrected chi connectivity index (χ2v) is 4.64. The molecule has 0 atom stereocenters. The number of hydrogen-bond donors (Lipinski definition) is 1. The average Bonchev–Trinajstić information content (AvgIpc) is 2.83. The summed E-state index contributed by atoms with van der Waals surface area (Å²) in [6.07, 6.45) is 3.23. The highest BCUT2D eigenvalue weighted by atomic mass is 35.5. The molecule has 0 saturated carbocycles. The van der Waals surface area contributed by atoms with Crippen LogP contribution < -0.4 is 5.32 Å². The van der Waals surface area contributed by atoms with Gasteiger partial charge in [-0.2, -0.15) is 0 Å². The molecule has 1 aromatic heterocycles. The highest BCUT2D eigenvalue weighted by Gasteiger charge is 2.11. The molecule has 0 amide bonds. The smallest absolute Gasteiger partial charge is 0.194 e. The first-order valence-electron chi connectivity index (χ1n) is 6.31. The number of hydrogen-bond acceptors (Lipinski definition) is 3. The molecular weight excluding hydrogens is 267 g/mol. The van der Waals surface area contributed by atoms with Crippen LogP contribution in [0.25, 0.3) is 11.3 Å². The van der Waals surface area contributed by atoms with Gasteiger partial charge in [-0.05, 0) is 37.7 Å². The molecular formula is C14H16ClFN2O. The van der Waals surface area contributed by atoms with Crippen molar-refractivity contribution in [3.8, 4) is 11.3 Å². The monoisotopic (exact) mass is 282 g/mol. The number of nitrogens with zero attached hydrogens (tertiary/aromatic N) is 1. The summed E-state index contributed by atoms with van der Waals surface area (Å²) >= 11 is 5.71. The van der Waals surface area contributed by atoms with Crippen molar-refractivity contribution in [1.82, 2.24) is 10.3 Å².